The number of thiazole rings is 1. The van der Waals surface area contributed by atoms with Crippen LogP contribution in [0, 0.1) is 5.82 Å². The standard InChI is InChI=1S/C14H16FN3S.ClH/c15-11-3-1-10(2-4-11)8-18(12-5-6-12)9-13-7-17-14(16)19-13;/h1-4,7,12H,5-6,8-9H2,(H2,16,17);1H. The molecule has 3 rings (SSSR count). The SMILES string of the molecule is Cl.Nc1ncc(CN(Cc2ccc(F)cc2)C2CC2)s1. The fraction of sp³-hybridized carbons (Fsp3) is 0.357. The van der Waals surface area contributed by atoms with Crippen LogP contribution in [0.4, 0.5) is 9.52 Å². The zero-order chi connectivity index (χ0) is 13.2. The van der Waals surface area contributed by atoms with E-state index in [0.717, 1.165) is 18.7 Å². The lowest BCUT2D eigenvalue weighted by molar-refractivity contribution is 0.248. The van der Waals surface area contributed by atoms with Gasteiger partial charge in [-0.25, -0.2) is 9.37 Å². The third kappa shape index (κ3) is 3.91. The van der Waals surface area contributed by atoms with Crippen LogP contribution in [-0.4, -0.2) is 15.9 Å². The highest BCUT2D eigenvalue weighted by molar-refractivity contribution is 7.15. The lowest BCUT2D eigenvalue weighted by Gasteiger charge is -2.21. The number of nitrogen functional groups attached to an aromatic ring is 1. The largest absolute Gasteiger partial charge is 0.375 e. The van der Waals surface area contributed by atoms with E-state index in [0.29, 0.717) is 11.2 Å². The molecule has 3 nitrogen and oxygen atoms in total. The first-order valence-electron chi connectivity index (χ1n) is 6.39. The molecule has 1 heterocycles. The lowest BCUT2D eigenvalue weighted by Crippen LogP contribution is -2.24. The quantitative estimate of drug-likeness (QED) is 0.919. The fourth-order valence-corrected chi connectivity index (χ4v) is 2.88. The van der Waals surface area contributed by atoms with Crippen LogP contribution >= 0.6 is 23.7 Å². The number of hydrogen-bond acceptors (Lipinski definition) is 4. The molecule has 0 saturated heterocycles. The highest BCUT2D eigenvalue weighted by Gasteiger charge is 2.29. The van der Waals surface area contributed by atoms with Gasteiger partial charge in [-0.1, -0.05) is 12.1 Å². The molecule has 2 aromatic rings. The number of hydrogen-bond donors (Lipinski definition) is 1. The molecular formula is C14H17ClFN3S. The Labute approximate surface area is 128 Å². The number of aromatic nitrogens is 1. The van der Waals surface area contributed by atoms with Gasteiger partial charge in [0.2, 0.25) is 0 Å². The topological polar surface area (TPSA) is 42.1 Å². The number of halogens is 2. The first-order valence-corrected chi connectivity index (χ1v) is 7.21. The molecule has 0 radical (unpaired) electrons. The summed E-state index contributed by atoms with van der Waals surface area (Å²) in [5, 5.41) is 0.618. The molecule has 0 amide bonds. The van der Waals surface area contributed by atoms with Gasteiger partial charge in [0.15, 0.2) is 5.13 Å². The molecule has 6 heteroatoms. The molecule has 0 atom stereocenters. The summed E-state index contributed by atoms with van der Waals surface area (Å²) in [6, 6.07) is 7.39. The Bertz CT molecular complexity index is 554. The van der Waals surface area contributed by atoms with Crippen molar-refractivity contribution in [3.05, 3.63) is 46.7 Å². The average molecular weight is 314 g/mol. The Morgan fingerprint density at radius 3 is 2.50 bits per heavy atom. The number of benzene rings is 1. The molecule has 1 aromatic heterocycles. The van der Waals surface area contributed by atoms with Crippen LogP contribution in [0.5, 0.6) is 0 Å². The second kappa shape index (κ2) is 6.52. The third-order valence-corrected chi connectivity index (χ3v) is 4.10. The Kier molecular flexibility index (Phi) is 4.96. The zero-order valence-electron chi connectivity index (χ0n) is 11.0. The van der Waals surface area contributed by atoms with Gasteiger partial charge >= 0.3 is 0 Å². The van der Waals surface area contributed by atoms with Crippen molar-refractivity contribution >= 4 is 28.9 Å². The minimum absolute atomic E-state index is 0. The minimum Gasteiger partial charge on any atom is -0.375 e. The van der Waals surface area contributed by atoms with Gasteiger partial charge in [-0.2, -0.15) is 0 Å². The van der Waals surface area contributed by atoms with E-state index < -0.39 is 0 Å². The average Bonchev–Trinajstić information content (AvgIpc) is 3.16. The summed E-state index contributed by atoms with van der Waals surface area (Å²) in [7, 11) is 0. The van der Waals surface area contributed by atoms with Crippen molar-refractivity contribution in [2.24, 2.45) is 0 Å². The zero-order valence-corrected chi connectivity index (χ0v) is 12.6. The predicted octanol–water partition coefficient (Wildman–Crippen LogP) is 3.45. The Morgan fingerprint density at radius 1 is 1.25 bits per heavy atom. The summed E-state index contributed by atoms with van der Waals surface area (Å²) in [5.74, 6) is -0.183. The van der Waals surface area contributed by atoms with Gasteiger partial charge in [-0.15, -0.1) is 23.7 Å². The van der Waals surface area contributed by atoms with Gasteiger partial charge in [0.05, 0.1) is 0 Å². The molecule has 1 aliphatic carbocycles. The molecule has 0 aliphatic heterocycles. The molecule has 1 aromatic carbocycles. The minimum atomic E-state index is -0.183. The van der Waals surface area contributed by atoms with E-state index in [-0.39, 0.29) is 18.2 Å². The Hall–Kier alpha value is -1.17. The van der Waals surface area contributed by atoms with Crippen LogP contribution in [0.3, 0.4) is 0 Å². The molecule has 1 saturated carbocycles. The molecule has 0 unspecified atom stereocenters. The van der Waals surface area contributed by atoms with E-state index in [1.54, 1.807) is 0 Å². The highest BCUT2D eigenvalue weighted by atomic mass is 35.5. The summed E-state index contributed by atoms with van der Waals surface area (Å²) >= 11 is 1.54. The first kappa shape index (κ1) is 15.2. The first-order chi connectivity index (χ1) is 9.20. The van der Waals surface area contributed by atoms with Crippen molar-refractivity contribution in [2.45, 2.75) is 32.0 Å². The van der Waals surface area contributed by atoms with E-state index in [1.165, 1.54) is 41.2 Å². The van der Waals surface area contributed by atoms with Crippen LogP contribution < -0.4 is 5.73 Å². The second-order valence-electron chi connectivity index (χ2n) is 4.93. The van der Waals surface area contributed by atoms with E-state index in [9.17, 15) is 4.39 Å². The molecule has 20 heavy (non-hydrogen) atoms. The van der Waals surface area contributed by atoms with Crippen LogP contribution in [0.25, 0.3) is 0 Å². The molecule has 2 N–H and O–H groups in total. The van der Waals surface area contributed by atoms with Gasteiger partial charge in [0, 0.05) is 30.2 Å². The number of anilines is 1. The van der Waals surface area contributed by atoms with E-state index in [4.69, 9.17) is 5.73 Å². The van der Waals surface area contributed by atoms with Crippen molar-refractivity contribution in [1.29, 1.82) is 0 Å². The maximum atomic E-state index is 12.9. The fourth-order valence-electron chi connectivity index (χ4n) is 2.17. The Balaban J connectivity index is 0.00000147. The van der Waals surface area contributed by atoms with Crippen LogP contribution in [0.2, 0.25) is 0 Å². The molecule has 0 spiro atoms. The van der Waals surface area contributed by atoms with Crippen molar-refractivity contribution in [3.63, 3.8) is 0 Å². The summed E-state index contributed by atoms with van der Waals surface area (Å²) < 4.78 is 12.9. The normalized spacial score (nSPS) is 14.3. The predicted molar refractivity (Wildman–Crippen MR) is 82.4 cm³/mol. The number of nitrogens with two attached hydrogens (primary N) is 1. The van der Waals surface area contributed by atoms with Crippen LogP contribution in [0.1, 0.15) is 23.3 Å². The summed E-state index contributed by atoms with van der Waals surface area (Å²) in [6.07, 6.45) is 4.34. The second-order valence-corrected chi connectivity index (χ2v) is 6.07. The number of nitrogens with zero attached hydrogens (tertiary/aromatic N) is 2. The lowest BCUT2D eigenvalue weighted by atomic mass is 10.2. The highest BCUT2D eigenvalue weighted by Crippen LogP contribution is 2.31. The third-order valence-electron chi connectivity index (χ3n) is 3.29. The molecule has 1 aliphatic rings. The van der Waals surface area contributed by atoms with Crippen molar-refractivity contribution in [1.82, 2.24) is 9.88 Å². The van der Waals surface area contributed by atoms with Crippen molar-refractivity contribution < 1.29 is 4.39 Å². The summed E-state index contributed by atoms with van der Waals surface area (Å²) in [5.41, 5.74) is 6.81. The maximum Gasteiger partial charge on any atom is 0.180 e. The molecule has 1 fully saturated rings. The van der Waals surface area contributed by atoms with Crippen LogP contribution in [-0.2, 0) is 13.1 Å². The van der Waals surface area contributed by atoms with Gasteiger partial charge in [0.1, 0.15) is 5.82 Å². The smallest absolute Gasteiger partial charge is 0.180 e. The summed E-state index contributed by atoms with van der Waals surface area (Å²) in [6.45, 7) is 1.72. The Morgan fingerprint density at radius 2 is 1.95 bits per heavy atom. The van der Waals surface area contributed by atoms with Gasteiger partial charge in [-0.3, -0.25) is 4.90 Å². The van der Waals surface area contributed by atoms with Gasteiger partial charge in [0.25, 0.3) is 0 Å². The summed E-state index contributed by atoms with van der Waals surface area (Å²) in [4.78, 5) is 7.69. The van der Waals surface area contributed by atoms with Crippen molar-refractivity contribution in [3.8, 4) is 0 Å². The van der Waals surface area contributed by atoms with E-state index in [1.807, 2.05) is 18.3 Å². The van der Waals surface area contributed by atoms with Crippen LogP contribution in [0.15, 0.2) is 30.5 Å². The van der Waals surface area contributed by atoms with Crippen molar-refractivity contribution in [2.75, 3.05) is 5.73 Å². The maximum absolute atomic E-state index is 12.9. The molecular weight excluding hydrogens is 297 g/mol. The number of rotatable bonds is 5. The van der Waals surface area contributed by atoms with Gasteiger partial charge < -0.3 is 5.73 Å². The van der Waals surface area contributed by atoms with E-state index >= 15 is 0 Å². The monoisotopic (exact) mass is 313 g/mol. The van der Waals surface area contributed by atoms with Gasteiger partial charge in [-0.05, 0) is 30.5 Å². The van der Waals surface area contributed by atoms with E-state index in [2.05, 4.69) is 9.88 Å². The molecule has 0 bridgehead atoms. The molecule has 108 valence electrons.